The number of nitrogens with one attached hydrogen (secondary N) is 1. The van der Waals surface area contributed by atoms with Crippen molar-refractivity contribution in [2.75, 3.05) is 6.54 Å². The summed E-state index contributed by atoms with van der Waals surface area (Å²) in [5.74, 6) is 0.740. The molecule has 4 heteroatoms. The van der Waals surface area contributed by atoms with Crippen LogP contribution in [0.15, 0.2) is 23.0 Å². The van der Waals surface area contributed by atoms with Gasteiger partial charge in [-0.05, 0) is 38.4 Å². The van der Waals surface area contributed by atoms with Gasteiger partial charge in [0.15, 0.2) is 5.82 Å². The Morgan fingerprint density at radius 3 is 2.42 bits per heavy atom. The van der Waals surface area contributed by atoms with Gasteiger partial charge in [0.2, 0.25) is 0 Å². The minimum absolute atomic E-state index is 0.506. The average molecular weight is 259 g/mol. The molecule has 0 fully saturated rings. The van der Waals surface area contributed by atoms with Crippen LogP contribution in [0.4, 0.5) is 0 Å². The molecule has 0 spiro atoms. The smallest absolute Gasteiger partial charge is 0.162 e. The second kappa shape index (κ2) is 5.97. The summed E-state index contributed by atoms with van der Waals surface area (Å²) in [7, 11) is 0. The fourth-order valence-corrected chi connectivity index (χ4v) is 2.11. The highest BCUT2D eigenvalue weighted by Crippen LogP contribution is 2.19. The average Bonchev–Trinajstić information content (AvgIpc) is 2.85. The Morgan fingerprint density at radius 1 is 1.21 bits per heavy atom. The van der Waals surface area contributed by atoms with Crippen LogP contribution >= 0.6 is 0 Å². The summed E-state index contributed by atoms with van der Waals surface area (Å²) in [6.45, 7) is 9.34. The molecule has 2 aromatic rings. The van der Waals surface area contributed by atoms with Crippen LogP contribution in [-0.4, -0.2) is 22.6 Å². The molecule has 2 heterocycles. The molecule has 1 N–H and O–H groups in total. The Morgan fingerprint density at radius 2 is 1.89 bits per heavy atom. The molecule has 2 aromatic heterocycles. The van der Waals surface area contributed by atoms with Gasteiger partial charge in [-0.1, -0.05) is 13.8 Å². The fourth-order valence-electron chi connectivity index (χ4n) is 2.11. The van der Waals surface area contributed by atoms with E-state index in [2.05, 4.69) is 29.1 Å². The molecule has 0 saturated heterocycles. The number of hydrogen-bond acceptors (Lipinski definition) is 4. The summed E-state index contributed by atoms with van der Waals surface area (Å²) < 4.78 is 5.08. The van der Waals surface area contributed by atoms with Gasteiger partial charge in [0.05, 0.1) is 11.8 Å². The number of rotatable bonds is 5. The van der Waals surface area contributed by atoms with Gasteiger partial charge < -0.3 is 9.73 Å². The van der Waals surface area contributed by atoms with Gasteiger partial charge in [-0.2, -0.15) is 0 Å². The van der Waals surface area contributed by atoms with Crippen molar-refractivity contribution in [1.29, 1.82) is 0 Å². The maximum absolute atomic E-state index is 5.08. The highest BCUT2D eigenvalue weighted by molar-refractivity contribution is 5.53. The summed E-state index contributed by atoms with van der Waals surface area (Å²) >= 11 is 0. The standard InChI is InChI=1S/C15H21N3O/c1-10(2)16-7-5-14-11(3)17-15(18-12(14)4)13-6-8-19-9-13/h6,8-10,16H,5,7H2,1-4H3. The van der Waals surface area contributed by atoms with E-state index >= 15 is 0 Å². The lowest BCUT2D eigenvalue weighted by atomic mass is 10.1. The number of aromatic nitrogens is 2. The maximum Gasteiger partial charge on any atom is 0.162 e. The molecule has 2 rings (SSSR count). The minimum Gasteiger partial charge on any atom is -0.472 e. The first-order valence-electron chi connectivity index (χ1n) is 6.68. The Bertz CT molecular complexity index is 509. The molecule has 0 aliphatic heterocycles. The van der Waals surface area contributed by atoms with E-state index in [4.69, 9.17) is 4.42 Å². The lowest BCUT2D eigenvalue weighted by Crippen LogP contribution is -2.25. The van der Waals surface area contributed by atoms with Crippen LogP contribution in [-0.2, 0) is 6.42 Å². The Hall–Kier alpha value is -1.68. The number of furan rings is 1. The molecular formula is C15H21N3O. The van der Waals surface area contributed by atoms with E-state index in [9.17, 15) is 0 Å². The summed E-state index contributed by atoms with van der Waals surface area (Å²) in [6.07, 6.45) is 4.28. The summed E-state index contributed by atoms with van der Waals surface area (Å²) in [4.78, 5) is 9.15. The predicted molar refractivity (Wildman–Crippen MR) is 76.1 cm³/mol. The Balaban J connectivity index is 2.18. The van der Waals surface area contributed by atoms with Gasteiger partial charge in [-0.3, -0.25) is 0 Å². The molecule has 19 heavy (non-hydrogen) atoms. The molecule has 102 valence electrons. The third-order valence-corrected chi connectivity index (χ3v) is 3.13. The Labute approximate surface area is 114 Å². The molecule has 0 aromatic carbocycles. The van der Waals surface area contributed by atoms with Gasteiger partial charge in [-0.15, -0.1) is 0 Å². The highest BCUT2D eigenvalue weighted by atomic mass is 16.3. The lowest BCUT2D eigenvalue weighted by molar-refractivity contribution is 0.568. The van der Waals surface area contributed by atoms with Crippen molar-refractivity contribution >= 4 is 0 Å². The molecule has 0 aliphatic rings. The van der Waals surface area contributed by atoms with Crippen LogP contribution in [0, 0.1) is 13.8 Å². The zero-order chi connectivity index (χ0) is 13.8. The van der Waals surface area contributed by atoms with Crippen LogP contribution < -0.4 is 5.32 Å². The molecule has 0 radical (unpaired) electrons. The molecule has 0 aliphatic carbocycles. The molecule has 0 amide bonds. The quantitative estimate of drug-likeness (QED) is 0.897. The number of aryl methyl sites for hydroxylation is 2. The van der Waals surface area contributed by atoms with Crippen LogP contribution in [0.3, 0.4) is 0 Å². The van der Waals surface area contributed by atoms with Gasteiger partial charge in [0, 0.05) is 17.4 Å². The van der Waals surface area contributed by atoms with Gasteiger partial charge in [0.1, 0.15) is 6.26 Å². The molecule has 0 bridgehead atoms. The van der Waals surface area contributed by atoms with E-state index in [0.29, 0.717) is 6.04 Å². The minimum atomic E-state index is 0.506. The van der Waals surface area contributed by atoms with Gasteiger partial charge in [0.25, 0.3) is 0 Å². The zero-order valence-corrected chi connectivity index (χ0v) is 12.0. The molecule has 0 unspecified atom stereocenters. The third kappa shape index (κ3) is 3.41. The number of nitrogens with zero attached hydrogens (tertiary/aromatic N) is 2. The van der Waals surface area contributed by atoms with E-state index in [1.54, 1.807) is 12.5 Å². The van der Waals surface area contributed by atoms with E-state index in [1.165, 1.54) is 5.56 Å². The van der Waals surface area contributed by atoms with E-state index in [0.717, 1.165) is 35.7 Å². The molecular weight excluding hydrogens is 238 g/mol. The van der Waals surface area contributed by atoms with Crippen LogP contribution in [0.25, 0.3) is 11.4 Å². The second-order valence-corrected chi connectivity index (χ2v) is 5.07. The van der Waals surface area contributed by atoms with Crippen molar-refractivity contribution in [3.8, 4) is 11.4 Å². The van der Waals surface area contributed by atoms with Crippen molar-refractivity contribution in [3.63, 3.8) is 0 Å². The SMILES string of the molecule is Cc1nc(-c2ccoc2)nc(C)c1CCNC(C)C. The first kappa shape index (κ1) is 13.7. The normalized spacial score (nSPS) is 11.2. The molecule has 4 nitrogen and oxygen atoms in total. The third-order valence-electron chi connectivity index (χ3n) is 3.13. The summed E-state index contributed by atoms with van der Waals surface area (Å²) in [5, 5.41) is 3.42. The topological polar surface area (TPSA) is 51.0 Å². The monoisotopic (exact) mass is 259 g/mol. The van der Waals surface area contributed by atoms with E-state index in [1.807, 2.05) is 19.9 Å². The van der Waals surface area contributed by atoms with Crippen molar-refractivity contribution in [1.82, 2.24) is 15.3 Å². The van der Waals surface area contributed by atoms with Crippen LogP contribution in [0.1, 0.15) is 30.8 Å². The van der Waals surface area contributed by atoms with Crippen molar-refractivity contribution < 1.29 is 4.42 Å². The predicted octanol–water partition coefficient (Wildman–Crippen LogP) is 2.89. The summed E-state index contributed by atoms with van der Waals surface area (Å²) in [5.41, 5.74) is 4.27. The van der Waals surface area contributed by atoms with Gasteiger partial charge in [-0.25, -0.2) is 9.97 Å². The van der Waals surface area contributed by atoms with Crippen LogP contribution in [0.5, 0.6) is 0 Å². The first-order chi connectivity index (χ1) is 9.08. The second-order valence-electron chi connectivity index (χ2n) is 5.07. The van der Waals surface area contributed by atoms with Crippen molar-refractivity contribution in [2.45, 2.75) is 40.2 Å². The summed E-state index contributed by atoms with van der Waals surface area (Å²) in [6, 6.07) is 2.39. The number of hydrogen-bond donors (Lipinski definition) is 1. The van der Waals surface area contributed by atoms with E-state index < -0.39 is 0 Å². The highest BCUT2D eigenvalue weighted by Gasteiger charge is 2.10. The lowest BCUT2D eigenvalue weighted by Gasteiger charge is -2.12. The fraction of sp³-hybridized carbons (Fsp3) is 0.467. The van der Waals surface area contributed by atoms with Crippen molar-refractivity contribution in [3.05, 3.63) is 35.5 Å². The molecule has 0 atom stereocenters. The first-order valence-corrected chi connectivity index (χ1v) is 6.68. The van der Waals surface area contributed by atoms with Gasteiger partial charge >= 0.3 is 0 Å². The van der Waals surface area contributed by atoms with E-state index in [-0.39, 0.29) is 0 Å². The molecule has 0 saturated carbocycles. The zero-order valence-electron chi connectivity index (χ0n) is 12.0. The Kier molecular flexibility index (Phi) is 4.32. The van der Waals surface area contributed by atoms with Crippen LogP contribution in [0.2, 0.25) is 0 Å². The largest absolute Gasteiger partial charge is 0.472 e. The van der Waals surface area contributed by atoms with Crippen molar-refractivity contribution in [2.24, 2.45) is 0 Å². The maximum atomic E-state index is 5.08.